The third kappa shape index (κ3) is 5.99. The van der Waals surface area contributed by atoms with Crippen molar-refractivity contribution < 1.29 is 9.59 Å². The zero-order valence-corrected chi connectivity index (χ0v) is 15.4. The summed E-state index contributed by atoms with van der Waals surface area (Å²) >= 11 is 0. The van der Waals surface area contributed by atoms with Crippen molar-refractivity contribution in [1.29, 1.82) is 0 Å². The summed E-state index contributed by atoms with van der Waals surface area (Å²) < 4.78 is 0. The summed E-state index contributed by atoms with van der Waals surface area (Å²) in [6.45, 7) is 9.77. The van der Waals surface area contributed by atoms with E-state index in [0.717, 1.165) is 31.5 Å². The summed E-state index contributed by atoms with van der Waals surface area (Å²) in [5, 5.41) is 3.12. The van der Waals surface area contributed by atoms with Crippen LogP contribution in [0.1, 0.15) is 51.2 Å². The highest BCUT2D eigenvalue weighted by Gasteiger charge is 2.26. The Balaban J connectivity index is 1.76. The number of carbonyl (C=O) groups is 2. The standard InChI is InChI=1S/C20H30N2O2/c1-15-6-5-7-16(12-15)13-18(23)21-17-8-10-22(11-9-17)19(24)14-20(2,3)4/h5-7,12,17H,8-11,13-14H2,1-4H3,(H,21,23). The van der Waals surface area contributed by atoms with E-state index in [2.05, 4.69) is 26.1 Å². The van der Waals surface area contributed by atoms with E-state index >= 15 is 0 Å². The quantitative estimate of drug-likeness (QED) is 0.922. The molecule has 4 nitrogen and oxygen atoms in total. The topological polar surface area (TPSA) is 49.4 Å². The minimum absolute atomic E-state index is 0.0238. The first-order valence-electron chi connectivity index (χ1n) is 8.86. The fraction of sp³-hybridized carbons (Fsp3) is 0.600. The Morgan fingerprint density at radius 3 is 2.46 bits per heavy atom. The summed E-state index contributed by atoms with van der Waals surface area (Å²) in [6, 6.07) is 8.23. The van der Waals surface area contributed by atoms with Gasteiger partial charge in [0.1, 0.15) is 0 Å². The molecule has 0 aromatic heterocycles. The Kier molecular flexibility index (Phi) is 6.03. The SMILES string of the molecule is Cc1cccc(CC(=O)NC2CCN(C(=O)CC(C)(C)C)CC2)c1. The van der Waals surface area contributed by atoms with Gasteiger partial charge in [0.15, 0.2) is 0 Å². The molecule has 2 rings (SSSR count). The van der Waals surface area contributed by atoms with Gasteiger partial charge in [0.05, 0.1) is 6.42 Å². The fourth-order valence-corrected chi connectivity index (χ4v) is 3.12. The first-order valence-corrected chi connectivity index (χ1v) is 8.86. The second-order valence-electron chi connectivity index (χ2n) is 8.13. The molecule has 1 aliphatic rings. The molecule has 0 aliphatic carbocycles. The number of nitrogens with zero attached hydrogens (tertiary/aromatic N) is 1. The third-order valence-corrected chi connectivity index (χ3v) is 4.34. The lowest BCUT2D eigenvalue weighted by molar-refractivity contribution is -0.134. The predicted molar refractivity (Wildman–Crippen MR) is 96.7 cm³/mol. The van der Waals surface area contributed by atoms with E-state index in [1.54, 1.807) is 0 Å². The van der Waals surface area contributed by atoms with E-state index in [9.17, 15) is 9.59 Å². The Bertz CT molecular complexity index is 582. The van der Waals surface area contributed by atoms with Crippen molar-refractivity contribution in [3.63, 3.8) is 0 Å². The molecule has 4 heteroatoms. The number of hydrogen-bond acceptors (Lipinski definition) is 2. The molecule has 1 aromatic rings. The van der Waals surface area contributed by atoms with Gasteiger partial charge in [-0.2, -0.15) is 0 Å². The summed E-state index contributed by atoms with van der Waals surface area (Å²) in [5.41, 5.74) is 2.24. The van der Waals surface area contributed by atoms with Gasteiger partial charge in [0, 0.05) is 25.6 Å². The summed E-state index contributed by atoms with van der Waals surface area (Å²) in [7, 11) is 0. The molecular weight excluding hydrogens is 300 g/mol. The molecule has 24 heavy (non-hydrogen) atoms. The molecule has 0 saturated carbocycles. The number of hydrogen-bond donors (Lipinski definition) is 1. The summed E-state index contributed by atoms with van der Waals surface area (Å²) in [5.74, 6) is 0.298. The van der Waals surface area contributed by atoms with Crippen LogP contribution in [-0.4, -0.2) is 35.8 Å². The highest BCUT2D eigenvalue weighted by atomic mass is 16.2. The van der Waals surface area contributed by atoms with Crippen molar-refractivity contribution in [2.45, 2.75) is 59.4 Å². The molecule has 1 N–H and O–H groups in total. The van der Waals surface area contributed by atoms with E-state index in [1.165, 1.54) is 5.56 Å². The molecule has 0 unspecified atom stereocenters. The highest BCUT2D eigenvalue weighted by Crippen LogP contribution is 2.21. The maximum Gasteiger partial charge on any atom is 0.224 e. The number of nitrogens with one attached hydrogen (secondary N) is 1. The zero-order valence-electron chi connectivity index (χ0n) is 15.4. The monoisotopic (exact) mass is 330 g/mol. The predicted octanol–water partition coefficient (Wildman–Crippen LogP) is 3.08. The van der Waals surface area contributed by atoms with Crippen molar-refractivity contribution in [2.24, 2.45) is 5.41 Å². The van der Waals surface area contributed by atoms with Crippen LogP contribution in [0.3, 0.4) is 0 Å². The van der Waals surface area contributed by atoms with Crippen molar-refractivity contribution in [3.8, 4) is 0 Å². The molecule has 0 atom stereocenters. The molecule has 1 aliphatic heterocycles. The minimum Gasteiger partial charge on any atom is -0.353 e. The normalized spacial score (nSPS) is 16.1. The second kappa shape index (κ2) is 7.82. The van der Waals surface area contributed by atoms with Crippen LogP contribution in [0.15, 0.2) is 24.3 Å². The molecular formula is C20H30N2O2. The largest absolute Gasteiger partial charge is 0.353 e. The zero-order chi connectivity index (χ0) is 17.7. The van der Waals surface area contributed by atoms with Gasteiger partial charge in [-0.1, -0.05) is 50.6 Å². The highest BCUT2D eigenvalue weighted by molar-refractivity contribution is 5.79. The van der Waals surface area contributed by atoms with Crippen molar-refractivity contribution in [1.82, 2.24) is 10.2 Å². The van der Waals surface area contributed by atoms with Crippen LogP contribution in [0.4, 0.5) is 0 Å². The fourth-order valence-electron chi connectivity index (χ4n) is 3.12. The van der Waals surface area contributed by atoms with Crippen LogP contribution in [0.5, 0.6) is 0 Å². The number of piperidine rings is 1. The van der Waals surface area contributed by atoms with Gasteiger partial charge < -0.3 is 10.2 Å². The van der Waals surface area contributed by atoms with E-state index in [1.807, 2.05) is 36.1 Å². The van der Waals surface area contributed by atoms with Gasteiger partial charge in [-0.3, -0.25) is 9.59 Å². The molecule has 2 amide bonds. The van der Waals surface area contributed by atoms with Crippen LogP contribution in [0.25, 0.3) is 0 Å². The number of likely N-dealkylation sites (tertiary alicyclic amines) is 1. The molecule has 132 valence electrons. The maximum absolute atomic E-state index is 12.3. The number of aryl methyl sites for hydroxylation is 1. The number of benzene rings is 1. The molecule has 0 spiro atoms. The van der Waals surface area contributed by atoms with Crippen molar-refractivity contribution in [3.05, 3.63) is 35.4 Å². The molecule has 1 heterocycles. The minimum atomic E-state index is 0.0238. The second-order valence-corrected chi connectivity index (χ2v) is 8.13. The summed E-state index contributed by atoms with van der Waals surface area (Å²) in [4.78, 5) is 26.4. The van der Waals surface area contributed by atoms with E-state index < -0.39 is 0 Å². The maximum atomic E-state index is 12.3. The van der Waals surface area contributed by atoms with Crippen LogP contribution >= 0.6 is 0 Å². The molecule has 1 aromatic carbocycles. The van der Waals surface area contributed by atoms with Gasteiger partial charge in [-0.25, -0.2) is 0 Å². The Hall–Kier alpha value is -1.84. The molecule has 0 bridgehead atoms. The van der Waals surface area contributed by atoms with Crippen LogP contribution in [0.2, 0.25) is 0 Å². The van der Waals surface area contributed by atoms with Gasteiger partial charge >= 0.3 is 0 Å². The average Bonchev–Trinajstić information content (AvgIpc) is 2.46. The molecule has 1 fully saturated rings. The Labute approximate surface area is 145 Å². The van der Waals surface area contributed by atoms with E-state index in [0.29, 0.717) is 12.8 Å². The summed E-state index contributed by atoms with van der Waals surface area (Å²) in [6.07, 6.45) is 2.69. The van der Waals surface area contributed by atoms with Crippen LogP contribution in [-0.2, 0) is 16.0 Å². The first kappa shape index (κ1) is 18.5. The lowest BCUT2D eigenvalue weighted by atomic mass is 9.91. The lowest BCUT2D eigenvalue weighted by Gasteiger charge is -2.34. The number of amides is 2. The smallest absolute Gasteiger partial charge is 0.224 e. The Morgan fingerprint density at radius 2 is 1.88 bits per heavy atom. The third-order valence-electron chi connectivity index (χ3n) is 4.34. The number of carbonyl (C=O) groups excluding carboxylic acids is 2. The van der Waals surface area contributed by atoms with Crippen molar-refractivity contribution >= 4 is 11.8 Å². The van der Waals surface area contributed by atoms with Crippen LogP contribution in [0, 0.1) is 12.3 Å². The molecule has 1 saturated heterocycles. The first-order chi connectivity index (χ1) is 11.2. The van der Waals surface area contributed by atoms with Gasteiger partial charge in [-0.15, -0.1) is 0 Å². The van der Waals surface area contributed by atoms with Gasteiger partial charge in [0.25, 0.3) is 0 Å². The van der Waals surface area contributed by atoms with E-state index in [-0.39, 0.29) is 23.3 Å². The van der Waals surface area contributed by atoms with E-state index in [4.69, 9.17) is 0 Å². The average molecular weight is 330 g/mol. The number of rotatable bonds is 4. The van der Waals surface area contributed by atoms with Gasteiger partial charge in [-0.05, 0) is 30.7 Å². The van der Waals surface area contributed by atoms with Gasteiger partial charge in [0.2, 0.25) is 11.8 Å². The lowest BCUT2D eigenvalue weighted by Crippen LogP contribution is -2.47. The Morgan fingerprint density at radius 1 is 1.21 bits per heavy atom. The van der Waals surface area contributed by atoms with Crippen molar-refractivity contribution in [2.75, 3.05) is 13.1 Å². The molecule has 0 radical (unpaired) electrons. The van der Waals surface area contributed by atoms with Crippen LogP contribution < -0.4 is 5.32 Å².